The van der Waals surface area contributed by atoms with Crippen LogP contribution in [0.25, 0.3) is 0 Å². The first-order valence-corrected chi connectivity index (χ1v) is 6.53. The van der Waals surface area contributed by atoms with Crippen LogP contribution in [0.3, 0.4) is 0 Å². The molecule has 0 aliphatic heterocycles. The number of hydrogen-bond acceptors (Lipinski definition) is 3. The summed E-state index contributed by atoms with van der Waals surface area (Å²) >= 11 is 0. The molecular weight excluding hydrogens is 236 g/mol. The van der Waals surface area contributed by atoms with E-state index in [1.165, 1.54) is 12.3 Å². The summed E-state index contributed by atoms with van der Waals surface area (Å²) in [7, 11) is -1.20. The summed E-state index contributed by atoms with van der Waals surface area (Å²) in [6, 6.07) is 7.48. The third-order valence-electron chi connectivity index (χ3n) is 2.08. The largest absolute Gasteiger partial charge is 0.459 e. The molecule has 0 aromatic heterocycles. The minimum atomic E-state index is -1.20. The number of benzene rings is 1. The van der Waals surface area contributed by atoms with E-state index in [9.17, 15) is 9.00 Å². The number of ether oxygens (including phenoxy) is 1. The van der Waals surface area contributed by atoms with Crippen LogP contribution in [0.5, 0.6) is 0 Å². The molecule has 0 amide bonds. The number of aryl methyl sites for hydroxylation is 1. The molecule has 0 fully saturated rings. The minimum absolute atomic E-state index is 0.344. The Bertz CT molecular complexity index is 434. The van der Waals surface area contributed by atoms with E-state index in [1.807, 2.05) is 31.2 Å². The zero-order valence-electron chi connectivity index (χ0n) is 10.2. The second-order valence-corrected chi connectivity index (χ2v) is 5.09. The standard InChI is InChI=1S/C13H16O3S/c1-10-4-6-13(7-5-10)17(15)9-8-11(2)16-12(3)14/h4-9,11H,1-3H3/b9-8+/t11-,17?/m1/s1. The molecule has 1 aromatic carbocycles. The predicted octanol–water partition coefficient (Wildman–Crippen LogP) is 2.57. The highest BCUT2D eigenvalue weighted by Crippen LogP contribution is 2.09. The molecule has 0 N–H and O–H groups in total. The Labute approximate surface area is 104 Å². The number of carbonyl (C=O) groups excluding carboxylic acids is 1. The molecule has 0 saturated carbocycles. The van der Waals surface area contributed by atoms with Crippen molar-refractivity contribution < 1.29 is 13.7 Å². The molecule has 1 rings (SSSR count). The summed E-state index contributed by atoms with van der Waals surface area (Å²) in [5.41, 5.74) is 1.13. The molecule has 0 aliphatic rings. The quantitative estimate of drug-likeness (QED) is 0.773. The molecule has 0 heterocycles. The number of hydrogen-bond donors (Lipinski definition) is 0. The van der Waals surface area contributed by atoms with Crippen LogP contribution in [0.4, 0.5) is 0 Å². The highest BCUT2D eigenvalue weighted by Gasteiger charge is 2.02. The lowest BCUT2D eigenvalue weighted by atomic mass is 10.2. The second-order valence-electron chi connectivity index (χ2n) is 3.75. The predicted molar refractivity (Wildman–Crippen MR) is 68.0 cm³/mol. The van der Waals surface area contributed by atoms with Crippen molar-refractivity contribution >= 4 is 16.8 Å². The normalized spacial score (nSPS) is 14.5. The number of esters is 1. The van der Waals surface area contributed by atoms with Crippen molar-refractivity contribution in [1.82, 2.24) is 0 Å². The molecule has 92 valence electrons. The average Bonchev–Trinajstić information content (AvgIpc) is 2.26. The van der Waals surface area contributed by atoms with Gasteiger partial charge in [0.1, 0.15) is 6.10 Å². The Hall–Kier alpha value is -1.42. The average molecular weight is 252 g/mol. The Balaban J connectivity index is 2.63. The fourth-order valence-electron chi connectivity index (χ4n) is 1.23. The Morgan fingerprint density at radius 3 is 2.47 bits per heavy atom. The maximum absolute atomic E-state index is 11.8. The van der Waals surface area contributed by atoms with Crippen LogP contribution in [-0.2, 0) is 20.3 Å². The fraction of sp³-hybridized carbons (Fsp3) is 0.308. The van der Waals surface area contributed by atoms with Gasteiger partial charge in [0.2, 0.25) is 0 Å². The summed E-state index contributed by atoms with van der Waals surface area (Å²) < 4.78 is 16.7. The maximum atomic E-state index is 11.8. The summed E-state index contributed by atoms with van der Waals surface area (Å²) in [6.07, 6.45) is 1.26. The van der Waals surface area contributed by atoms with Gasteiger partial charge in [0.05, 0.1) is 10.8 Å². The number of carbonyl (C=O) groups is 1. The summed E-state index contributed by atoms with van der Waals surface area (Å²) in [5, 5.41) is 1.54. The van der Waals surface area contributed by atoms with Crippen molar-refractivity contribution in [1.29, 1.82) is 0 Å². The summed E-state index contributed by atoms with van der Waals surface area (Å²) in [6.45, 7) is 5.05. The molecule has 1 unspecified atom stereocenters. The molecule has 0 bridgehead atoms. The summed E-state index contributed by atoms with van der Waals surface area (Å²) in [4.78, 5) is 11.4. The lowest BCUT2D eigenvalue weighted by Crippen LogP contribution is -2.09. The van der Waals surface area contributed by atoms with Gasteiger partial charge in [0.15, 0.2) is 0 Å². The van der Waals surface area contributed by atoms with Gasteiger partial charge in [-0.25, -0.2) is 4.21 Å². The lowest BCUT2D eigenvalue weighted by molar-refractivity contribution is -0.143. The van der Waals surface area contributed by atoms with E-state index in [1.54, 1.807) is 13.0 Å². The van der Waals surface area contributed by atoms with E-state index < -0.39 is 10.8 Å². The first-order valence-electron chi connectivity index (χ1n) is 5.32. The third-order valence-corrected chi connectivity index (χ3v) is 3.22. The minimum Gasteiger partial charge on any atom is -0.459 e. The first-order chi connectivity index (χ1) is 7.99. The zero-order chi connectivity index (χ0) is 12.8. The van der Waals surface area contributed by atoms with Gasteiger partial charge >= 0.3 is 5.97 Å². The van der Waals surface area contributed by atoms with Gasteiger partial charge in [-0.05, 0) is 32.1 Å². The first kappa shape index (κ1) is 13.6. The van der Waals surface area contributed by atoms with Crippen molar-refractivity contribution in [2.45, 2.75) is 31.8 Å². The van der Waals surface area contributed by atoms with Gasteiger partial charge < -0.3 is 4.74 Å². The van der Waals surface area contributed by atoms with E-state index in [2.05, 4.69) is 0 Å². The molecule has 3 nitrogen and oxygen atoms in total. The summed E-state index contributed by atoms with van der Waals surface area (Å²) in [5.74, 6) is -0.344. The van der Waals surface area contributed by atoms with Gasteiger partial charge in [-0.1, -0.05) is 17.7 Å². The SMILES string of the molecule is CC(=O)O[C@H](C)/C=C/S(=O)c1ccc(C)cc1. The molecule has 0 aliphatic carbocycles. The maximum Gasteiger partial charge on any atom is 0.303 e. The van der Waals surface area contributed by atoms with E-state index in [-0.39, 0.29) is 12.1 Å². The van der Waals surface area contributed by atoms with Crippen LogP contribution in [0.15, 0.2) is 40.6 Å². The molecule has 0 radical (unpaired) electrons. The van der Waals surface area contributed by atoms with Crippen molar-refractivity contribution in [3.63, 3.8) is 0 Å². The topological polar surface area (TPSA) is 43.4 Å². The van der Waals surface area contributed by atoms with Crippen molar-refractivity contribution in [3.05, 3.63) is 41.3 Å². The molecular formula is C13H16O3S. The fourth-order valence-corrected chi connectivity index (χ4v) is 2.16. The van der Waals surface area contributed by atoms with E-state index >= 15 is 0 Å². The highest BCUT2D eigenvalue weighted by molar-refractivity contribution is 7.88. The van der Waals surface area contributed by atoms with E-state index in [0.717, 1.165) is 10.5 Å². The Morgan fingerprint density at radius 2 is 1.94 bits per heavy atom. The van der Waals surface area contributed by atoms with Crippen LogP contribution < -0.4 is 0 Å². The van der Waals surface area contributed by atoms with Gasteiger partial charge in [0, 0.05) is 17.2 Å². The molecule has 0 spiro atoms. The molecule has 2 atom stereocenters. The monoisotopic (exact) mass is 252 g/mol. The zero-order valence-corrected chi connectivity index (χ0v) is 11.0. The molecule has 17 heavy (non-hydrogen) atoms. The Morgan fingerprint density at radius 1 is 1.35 bits per heavy atom. The van der Waals surface area contributed by atoms with Gasteiger partial charge in [-0.15, -0.1) is 0 Å². The number of rotatable bonds is 4. The Kier molecular flexibility index (Phi) is 5.10. The molecule has 1 aromatic rings. The van der Waals surface area contributed by atoms with E-state index in [4.69, 9.17) is 4.74 Å². The van der Waals surface area contributed by atoms with Crippen LogP contribution in [0.2, 0.25) is 0 Å². The van der Waals surface area contributed by atoms with Crippen LogP contribution in [0.1, 0.15) is 19.4 Å². The van der Waals surface area contributed by atoms with E-state index in [0.29, 0.717) is 0 Å². The van der Waals surface area contributed by atoms with Crippen LogP contribution >= 0.6 is 0 Å². The molecule has 4 heteroatoms. The van der Waals surface area contributed by atoms with Gasteiger partial charge in [-0.2, -0.15) is 0 Å². The van der Waals surface area contributed by atoms with Crippen molar-refractivity contribution in [2.75, 3.05) is 0 Å². The van der Waals surface area contributed by atoms with Gasteiger partial charge in [-0.3, -0.25) is 4.79 Å². The van der Waals surface area contributed by atoms with Crippen molar-refractivity contribution in [3.8, 4) is 0 Å². The van der Waals surface area contributed by atoms with Crippen LogP contribution in [0, 0.1) is 6.92 Å². The molecule has 0 saturated heterocycles. The third kappa shape index (κ3) is 4.95. The van der Waals surface area contributed by atoms with Crippen LogP contribution in [-0.4, -0.2) is 16.3 Å². The second kappa shape index (κ2) is 6.35. The van der Waals surface area contributed by atoms with Crippen molar-refractivity contribution in [2.24, 2.45) is 0 Å². The lowest BCUT2D eigenvalue weighted by Gasteiger charge is -2.05. The van der Waals surface area contributed by atoms with Gasteiger partial charge in [0.25, 0.3) is 0 Å². The highest BCUT2D eigenvalue weighted by atomic mass is 32.2. The smallest absolute Gasteiger partial charge is 0.303 e.